The zero-order valence-corrected chi connectivity index (χ0v) is 13.2. The number of cyclic esters (lactones) is 1. The molecule has 2 aromatic carbocycles. The number of nitrogens with zero attached hydrogens (tertiary/aromatic N) is 1. The predicted octanol–water partition coefficient (Wildman–Crippen LogP) is 4.71. The average Bonchev–Trinajstić information content (AvgIpc) is 3.20. The molecule has 1 aliphatic heterocycles. The molecular weight excluding hydrogens is 324 g/mol. The highest BCUT2D eigenvalue weighted by atomic mass is 35.5. The van der Waals surface area contributed by atoms with Crippen molar-refractivity contribution < 1.29 is 9.53 Å². The van der Waals surface area contributed by atoms with Crippen LogP contribution in [-0.4, -0.2) is 15.9 Å². The number of carbonyl (C=O) groups is 1. The monoisotopic (exact) mass is 334 g/mol. The molecule has 0 aliphatic carbocycles. The molecule has 2 aromatic heterocycles. The molecule has 0 amide bonds. The molecule has 5 heteroatoms. The van der Waals surface area contributed by atoms with Gasteiger partial charge in [-0.3, -0.25) is 4.98 Å². The van der Waals surface area contributed by atoms with E-state index in [1.807, 2.05) is 42.5 Å². The maximum atomic E-state index is 12.4. The Kier molecular flexibility index (Phi) is 2.73. The van der Waals surface area contributed by atoms with Gasteiger partial charge in [-0.1, -0.05) is 29.8 Å². The van der Waals surface area contributed by atoms with Crippen molar-refractivity contribution >= 4 is 39.4 Å². The van der Waals surface area contributed by atoms with Gasteiger partial charge in [0, 0.05) is 38.6 Å². The van der Waals surface area contributed by atoms with E-state index >= 15 is 0 Å². The second-order valence-electron chi connectivity index (χ2n) is 5.78. The van der Waals surface area contributed by atoms with E-state index in [9.17, 15) is 4.79 Å². The summed E-state index contributed by atoms with van der Waals surface area (Å²) in [5, 5.41) is 2.53. The van der Waals surface area contributed by atoms with Crippen molar-refractivity contribution in [3.05, 3.63) is 64.9 Å². The number of benzene rings is 2. The van der Waals surface area contributed by atoms with Crippen molar-refractivity contribution in [2.24, 2.45) is 0 Å². The van der Waals surface area contributed by atoms with Gasteiger partial charge in [0.1, 0.15) is 6.61 Å². The molecule has 3 heterocycles. The summed E-state index contributed by atoms with van der Waals surface area (Å²) in [6.07, 6.45) is 1.77. The molecule has 0 unspecified atom stereocenters. The van der Waals surface area contributed by atoms with Gasteiger partial charge >= 0.3 is 5.97 Å². The van der Waals surface area contributed by atoms with E-state index in [0.29, 0.717) is 10.6 Å². The maximum Gasteiger partial charge on any atom is 0.341 e. The third-order valence-electron chi connectivity index (χ3n) is 4.46. The molecule has 1 aliphatic rings. The summed E-state index contributed by atoms with van der Waals surface area (Å²) in [5.74, 6) is -0.324. The van der Waals surface area contributed by atoms with Crippen LogP contribution < -0.4 is 0 Å². The van der Waals surface area contributed by atoms with E-state index in [-0.39, 0.29) is 12.6 Å². The quantitative estimate of drug-likeness (QED) is 0.513. The van der Waals surface area contributed by atoms with E-state index in [1.165, 1.54) is 0 Å². The number of aromatic amines is 1. The Balaban J connectivity index is 2.06. The molecule has 0 spiro atoms. The molecular formula is C19H11ClN2O2. The van der Waals surface area contributed by atoms with E-state index in [2.05, 4.69) is 9.97 Å². The van der Waals surface area contributed by atoms with E-state index in [1.54, 1.807) is 6.20 Å². The van der Waals surface area contributed by atoms with Gasteiger partial charge in [0.25, 0.3) is 0 Å². The van der Waals surface area contributed by atoms with Crippen LogP contribution in [-0.2, 0) is 11.3 Å². The first-order valence-corrected chi connectivity index (χ1v) is 7.96. The second kappa shape index (κ2) is 4.82. The summed E-state index contributed by atoms with van der Waals surface area (Å²) < 4.78 is 5.26. The first-order valence-electron chi connectivity index (χ1n) is 7.58. The number of hydrogen-bond donors (Lipinski definition) is 1. The number of fused-ring (bicyclic) bond motifs is 4. The van der Waals surface area contributed by atoms with Crippen molar-refractivity contribution in [1.29, 1.82) is 0 Å². The van der Waals surface area contributed by atoms with Crippen LogP contribution in [0, 0.1) is 0 Å². The number of hydrogen-bond acceptors (Lipinski definition) is 3. The largest absolute Gasteiger partial charge is 0.456 e. The van der Waals surface area contributed by atoms with Crippen LogP contribution in [0.2, 0.25) is 5.02 Å². The SMILES string of the molecule is O=C1OCc2[nH]c3ccc4nccc4c3c(-c3ccccc3Cl)c21. The number of nitrogens with one attached hydrogen (secondary N) is 1. The van der Waals surface area contributed by atoms with Crippen molar-refractivity contribution in [2.75, 3.05) is 0 Å². The Morgan fingerprint density at radius 2 is 1.96 bits per heavy atom. The lowest BCUT2D eigenvalue weighted by atomic mass is 9.93. The summed E-state index contributed by atoms with van der Waals surface area (Å²) in [5.41, 5.74) is 4.79. The van der Waals surface area contributed by atoms with Crippen LogP contribution in [0.25, 0.3) is 32.9 Å². The number of pyridine rings is 1. The number of halogens is 1. The molecule has 1 N–H and O–H groups in total. The predicted molar refractivity (Wildman–Crippen MR) is 93.2 cm³/mol. The topological polar surface area (TPSA) is 55.0 Å². The summed E-state index contributed by atoms with van der Waals surface area (Å²) in [6.45, 7) is 0.249. The van der Waals surface area contributed by atoms with E-state index < -0.39 is 0 Å². The van der Waals surface area contributed by atoms with Crippen molar-refractivity contribution in [3.63, 3.8) is 0 Å². The molecule has 24 heavy (non-hydrogen) atoms. The number of carbonyl (C=O) groups excluding carboxylic acids is 1. The highest BCUT2D eigenvalue weighted by Gasteiger charge is 2.29. The summed E-state index contributed by atoms with van der Waals surface area (Å²) in [6, 6.07) is 13.5. The molecule has 0 radical (unpaired) electrons. The van der Waals surface area contributed by atoms with Crippen LogP contribution in [0.15, 0.2) is 48.7 Å². The zero-order valence-electron chi connectivity index (χ0n) is 12.5. The normalized spacial score (nSPS) is 13.5. The second-order valence-corrected chi connectivity index (χ2v) is 6.18. The van der Waals surface area contributed by atoms with Gasteiger partial charge in [0.05, 0.1) is 16.8 Å². The average molecular weight is 335 g/mol. The minimum Gasteiger partial charge on any atom is -0.456 e. The molecule has 0 saturated heterocycles. The highest BCUT2D eigenvalue weighted by Crippen LogP contribution is 2.41. The number of esters is 1. The lowest BCUT2D eigenvalue weighted by Gasteiger charge is -2.13. The Bertz CT molecular complexity index is 1150. The first kappa shape index (κ1) is 13.6. The minimum atomic E-state index is -0.324. The van der Waals surface area contributed by atoms with Crippen molar-refractivity contribution in [1.82, 2.24) is 9.97 Å². The maximum absolute atomic E-state index is 12.4. The molecule has 0 bridgehead atoms. The van der Waals surface area contributed by atoms with Crippen molar-refractivity contribution in [3.8, 4) is 11.1 Å². The van der Waals surface area contributed by atoms with E-state index in [4.69, 9.17) is 16.3 Å². The van der Waals surface area contributed by atoms with Crippen LogP contribution in [0.3, 0.4) is 0 Å². The zero-order chi connectivity index (χ0) is 16.3. The fourth-order valence-electron chi connectivity index (χ4n) is 3.43. The molecule has 4 nitrogen and oxygen atoms in total. The molecule has 5 rings (SSSR count). The Morgan fingerprint density at radius 1 is 1.08 bits per heavy atom. The van der Waals surface area contributed by atoms with Gasteiger partial charge in [-0.05, 0) is 24.3 Å². The number of aromatic nitrogens is 2. The molecule has 0 saturated carbocycles. The van der Waals surface area contributed by atoms with Crippen LogP contribution in [0.1, 0.15) is 16.1 Å². The van der Waals surface area contributed by atoms with Gasteiger partial charge in [0.2, 0.25) is 0 Å². The van der Waals surface area contributed by atoms with E-state index in [0.717, 1.165) is 38.6 Å². The lowest BCUT2D eigenvalue weighted by Crippen LogP contribution is -2.01. The van der Waals surface area contributed by atoms with Gasteiger partial charge in [-0.25, -0.2) is 4.79 Å². The third kappa shape index (κ3) is 1.74. The Morgan fingerprint density at radius 3 is 2.83 bits per heavy atom. The van der Waals surface area contributed by atoms with Crippen LogP contribution in [0.5, 0.6) is 0 Å². The fraction of sp³-hybridized carbons (Fsp3) is 0.0526. The molecule has 0 atom stereocenters. The van der Waals surface area contributed by atoms with Crippen LogP contribution in [0.4, 0.5) is 0 Å². The first-order chi connectivity index (χ1) is 11.7. The van der Waals surface area contributed by atoms with Crippen molar-refractivity contribution in [2.45, 2.75) is 6.61 Å². The smallest absolute Gasteiger partial charge is 0.341 e. The lowest BCUT2D eigenvalue weighted by molar-refractivity contribution is 0.0534. The highest BCUT2D eigenvalue weighted by molar-refractivity contribution is 6.34. The molecule has 4 aromatic rings. The van der Waals surface area contributed by atoms with Gasteiger partial charge in [-0.2, -0.15) is 0 Å². The van der Waals surface area contributed by atoms with Gasteiger partial charge in [-0.15, -0.1) is 0 Å². The van der Waals surface area contributed by atoms with Gasteiger partial charge < -0.3 is 9.72 Å². The third-order valence-corrected chi connectivity index (χ3v) is 4.79. The van der Waals surface area contributed by atoms with Crippen LogP contribution >= 0.6 is 11.6 Å². The molecule has 0 fully saturated rings. The Hall–Kier alpha value is -2.85. The standard InChI is InChI=1S/C19H11ClN2O2/c20-12-4-2-1-3-10(12)17-16-11-7-8-21-13(11)5-6-14(16)22-15-9-24-19(23)18(15)17/h1-8,22H,9H2. The number of rotatable bonds is 1. The molecule has 116 valence electrons. The summed E-state index contributed by atoms with van der Waals surface area (Å²) in [4.78, 5) is 20.1. The summed E-state index contributed by atoms with van der Waals surface area (Å²) in [7, 11) is 0. The van der Waals surface area contributed by atoms with Gasteiger partial charge in [0.15, 0.2) is 0 Å². The summed E-state index contributed by atoms with van der Waals surface area (Å²) >= 11 is 6.46. The minimum absolute atomic E-state index is 0.249. The number of H-pyrrole nitrogens is 1. The Labute approximate surface area is 142 Å². The number of ether oxygens (including phenoxy) is 1. The fourth-order valence-corrected chi connectivity index (χ4v) is 3.66.